The van der Waals surface area contributed by atoms with Crippen LogP contribution >= 0.6 is 0 Å². The summed E-state index contributed by atoms with van der Waals surface area (Å²) in [4.78, 5) is 17.5. The average molecular weight is 463 g/mol. The van der Waals surface area contributed by atoms with Crippen LogP contribution in [0, 0.1) is 0 Å². The minimum absolute atomic E-state index is 0.0761. The van der Waals surface area contributed by atoms with E-state index in [0.29, 0.717) is 17.9 Å². The van der Waals surface area contributed by atoms with E-state index in [0.717, 1.165) is 28.2 Å². The number of fused-ring (bicyclic) bond motifs is 1. The van der Waals surface area contributed by atoms with Gasteiger partial charge in [-0.15, -0.1) is 0 Å². The zero-order valence-corrected chi connectivity index (χ0v) is 19.7. The van der Waals surface area contributed by atoms with Crippen molar-refractivity contribution in [3.8, 4) is 22.9 Å². The normalized spacial score (nSPS) is 11.1. The van der Waals surface area contributed by atoms with Crippen molar-refractivity contribution < 1.29 is 14.3 Å². The maximum Gasteiger partial charge on any atom is 0.343 e. The molecule has 35 heavy (non-hydrogen) atoms. The molecule has 0 bridgehead atoms. The van der Waals surface area contributed by atoms with Gasteiger partial charge < -0.3 is 14.0 Å². The molecule has 0 spiro atoms. The second kappa shape index (κ2) is 9.85. The van der Waals surface area contributed by atoms with Crippen LogP contribution in [0.2, 0.25) is 0 Å². The average Bonchev–Trinajstić information content (AvgIpc) is 3.23. The van der Waals surface area contributed by atoms with Crippen LogP contribution in [0.3, 0.4) is 0 Å². The van der Waals surface area contributed by atoms with E-state index < -0.39 is 5.97 Å². The van der Waals surface area contributed by atoms with Crippen molar-refractivity contribution in [2.75, 3.05) is 0 Å². The summed E-state index contributed by atoms with van der Waals surface area (Å²) in [5, 5.41) is 0. The number of hydrogen-bond donors (Lipinski definition) is 0. The Morgan fingerprint density at radius 3 is 2.17 bits per heavy atom. The molecule has 0 unspecified atom stereocenters. The fourth-order valence-electron chi connectivity index (χ4n) is 4.00. The van der Waals surface area contributed by atoms with Crippen LogP contribution in [0.25, 0.3) is 22.4 Å². The van der Waals surface area contributed by atoms with Gasteiger partial charge in [-0.25, -0.2) is 9.78 Å². The van der Waals surface area contributed by atoms with Gasteiger partial charge in [-0.2, -0.15) is 0 Å². The first-order valence-corrected chi connectivity index (χ1v) is 11.7. The lowest BCUT2D eigenvalue weighted by Gasteiger charge is -2.11. The van der Waals surface area contributed by atoms with Crippen molar-refractivity contribution in [2.24, 2.45) is 0 Å². The van der Waals surface area contributed by atoms with Crippen molar-refractivity contribution in [3.05, 3.63) is 114 Å². The van der Waals surface area contributed by atoms with Crippen LogP contribution in [0.4, 0.5) is 0 Å². The Labute approximate surface area is 204 Å². The number of carbonyl (C=O) groups excluding carboxylic acids is 1. The largest absolute Gasteiger partial charge is 0.491 e. The molecule has 0 atom stereocenters. The van der Waals surface area contributed by atoms with E-state index in [1.807, 2.05) is 62.4 Å². The van der Waals surface area contributed by atoms with E-state index in [1.165, 1.54) is 5.56 Å². The summed E-state index contributed by atoms with van der Waals surface area (Å²) in [7, 11) is 0. The molecule has 174 valence electrons. The van der Waals surface area contributed by atoms with Gasteiger partial charge in [0.25, 0.3) is 0 Å². The highest BCUT2D eigenvalue weighted by atomic mass is 16.5. The molecule has 0 saturated carbocycles. The molecule has 1 heterocycles. The van der Waals surface area contributed by atoms with Gasteiger partial charge >= 0.3 is 5.97 Å². The molecule has 5 aromatic rings. The number of nitrogens with zero attached hydrogens (tertiary/aromatic N) is 2. The molecule has 0 saturated heterocycles. The molecule has 0 aliphatic heterocycles. The minimum atomic E-state index is -0.412. The monoisotopic (exact) mass is 462 g/mol. The van der Waals surface area contributed by atoms with Gasteiger partial charge in [0.1, 0.15) is 17.3 Å². The highest BCUT2D eigenvalue weighted by Gasteiger charge is 2.14. The Bertz CT molecular complexity index is 1440. The Kier molecular flexibility index (Phi) is 6.31. The van der Waals surface area contributed by atoms with Crippen molar-refractivity contribution in [1.82, 2.24) is 9.55 Å². The number of carbonyl (C=O) groups is 1. The maximum absolute atomic E-state index is 12.6. The van der Waals surface area contributed by atoms with Crippen molar-refractivity contribution in [3.63, 3.8) is 0 Å². The van der Waals surface area contributed by atoms with Gasteiger partial charge in [0.2, 0.25) is 0 Å². The molecule has 0 aliphatic rings. The first kappa shape index (κ1) is 22.4. The molecule has 4 aromatic carbocycles. The zero-order valence-electron chi connectivity index (χ0n) is 19.7. The summed E-state index contributed by atoms with van der Waals surface area (Å²) in [6, 6.07) is 32.9. The van der Waals surface area contributed by atoms with Crippen LogP contribution in [0.15, 0.2) is 103 Å². The lowest BCUT2D eigenvalue weighted by atomic mass is 10.2. The summed E-state index contributed by atoms with van der Waals surface area (Å²) in [6.45, 7) is 4.63. The third-order valence-corrected chi connectivity index (χ3v) is 5.62. The number of ether oxygens (including phenoxy) is 2. The van der Waals surface area contributed by atoms with Crippen LogP contribution in [-0.2, 0) is 6.54 Å². The Morgan fingerprint density at radius 2 is 1.46 bits per heavy atom. The Hall–Kier alpha value is -4.38. The minimum Gasteiger partial charge on any atom is -0.491 e. The predicted octanol–water partition coefficient (Wildman–Crippen LogP) is 6.76. The van der Waals surface area contributed by atoms with Gasteiger partial charge in [-0.05, 0) is 80.1 Å². The predicted molar refractivity (Wildman–Crippen MR) is 138 cm³/mol. The smallest absolute Gasteiger partial charge is 0.343 e. The third-order valence-electron chi connectivity index (χ3n) is 5.62. The standard InChI is InChI=1S/C30H26N2O3/c1-21(2)34-25-18-14-24(15-19-25)30(33)35-26-16-12-23(13-17-26)29-31-27-10-6-7-11-28(27)32(29)20-22-8-4-3-5-9-22/h3-19,21H,20H2,1-2H3. The topological polar surface area (TPSA) is 53.4 Å². The summed E-state index contributed by atoms with van der Waals surface area (Å²) >= 11 is 0. The van der Waals surface area contributed by atoms with Crippen molar-refractivity contribution in [2.45, 2.75) is 26.5 Å². The molecule has 0 aliphatic carbocycles. The summed E-state index contributed by atoms with van der Waals surface area (Å²) in [6.07, 6.45) is 0.0761. The van der Waals surface area contributed by atoms with Gasteiger partial charge in [0, 0.05) is 12.1 Å². The molecule has 0 radical (unpaired) electrons. The molecule has 1 aromatic heterocycles. The van der Waals surface area contributed by atoms with Crippen molar-refractivity contribution in [1.29, 1.82) is 0 Å². The molecule has 0 fully saturated rings. The quantitative estimate of drug-likeness (QED) is 0.198. The Balaban J connectivity index is 1.37. The highest BCUT2D eigenvalue weighted by Crippen LogP contribution is 2.28. The SMILES string of the molecule is CC(C)Oc1ccc(C(=O)Oc2ccc(-c3nc4ccccc4n3Cc3ccccc3)cc2)cc1. The number of benzene rings is 4. The van der Waals surface area contributed by atoms with E-state index >= 15 is 0 Å². The maximum atomic E-state index is 12.6. The lowest BCUT2D eigenvalue weighted by molar-refractivity contribution is 0.0734. The van der Waals surface area contributed by atoms with Crippen molar-refractivity contribution >= 4 is 17.0 Å². The van der Waals surface area contributed by atoms with Gasteiger partial charge in [0.05, 0.1) is 22.7 Å². The molecular formula is C30H26N2O3. The number of esters is 1. The zero-order chi connectivity index (χ0) is 24.2. The highest BCUT2D eigenvalue weighted by molar-refractivity contribution is 5.91. The fourth-order valence-corrected chi connectivity index (χ4v) is 4.00. The molecular weight excluding hydrogens is 436 g/mol. The van der Waals surface area contributed by atoms with Crippen LogP contribution in [0.5, 0.6) is 11.5 Å². The molecule has 5 nitrogen and oxygen atoms in total. The molecule has 0 amide bonds. The number of rotatable bonds is 7. The van der Waals surface area contributed by atoms with Crippen LogP contribution in [-0.4, -0.2) is 21.6 Å². The second-order valence-electron chi connectivity index (χ2n) is 8.60. The van der Waals surface area contributed by atoms with E-state index in [4.69, 9.17) is 14.5 Å². The summed E-state index contributed by atoms with van der Waals surface area (Å²) in [5.74, 6) is 1.66. The van der Waals surface area contributed by atoms with Gasteiger partial charge in [-0.1, -0.05) is 42.5 Å². The van der Waals surface area contributed by atoms with E-state index in [-0.39, 0.29) is 6.10 Å². The van der Waals surface area contributed by atoms with Crippen LogP contribution in [0.1, 0.15) is 29.8 Å². The molecule has 0 N–H and O–H groups in total. The Morgan fingerprint density at radius 1 is 0.800 bits per heavy atom. The number of aromatic nitrogens is 2. The number of hydrogen-bond acceptors (Lipinski definition) is 4. The molecule has 5 heteroatoms. The second-order valence-corrected chi connectivity index (χ2v) is 8.60. The molecule has 5 rings (SSSR count). The van der Waals surface area contributed by atoms with Gasteiger partial charge in [0.15, 0.2) is 0 Å². The van der Waals surface area contributed by atoms with E-state index in [9.17, 15) is 4.79 Å². The first-order valence-electron chi connectivity index (χ1n) is 11.7. The third kappa shape index (κ3) is 5.09. The van der Waals surface area contributed by atoms with Crippen LogP contribution < -0.4 is 9.47 Å². The first-order chi connectivity index (χ1) is 17.1. The number of para-hydroxylation sites is 2. The lowest BCUT2D eigenvalue weighted by Crippen LogP contribution is -2.09. The number of imidazole rings is 1. The summed E-state index contributed by atoms with van der Waals surface area (Å²) in [5.41, 5.74) is 4.64. The van der Waals surface area contributed by atoms with E-state index in [1.54, 1.807) is 36.4 Å². The van der Waals surface area contributed by atoms with E-state index in [2.05, 4.69) is 22.8 Å². The van der Waals surface area contributed by atoms with Gasteiger partial charge in [-0.3, -0.25) is 0 Å². The fraction of sp³-hybridized carbons (Fsp3) is 0.133. The summed E-state index contributed by atoms with van der Waals surface area (Å²) < 4.78 is 13.4.